The number of nitrogens with one attached hydrogen (secondary N) is 3. The molecule has 28 heavy (non-hydrogen) atoms. The van der Waals surface area contributed by atoms with Crippen LogP contribution in [0, 0.1) is 0 Å². The van der Waals surface area contributed by atoms with Crippen molar-refractivity contribution in [3.8, 4) is 11.5 Å². The average molecular weight is 385 g/mol. The Bertz CT molecular complexity index is 865. The molecule has 0 aliphatic heterocycles. The smallest absolute Gasteiger partial charge is 0.313 e. The number of hydrogen-bond acceptors (Lipinski definition) is 5. The monoisotopic (exact) mass is 385 g/mol. The van der Waals surface area contributed by atoms with E-state index in [1.165, 1.54) is 21.1 Å². The molecule has 0 saturated heterocycles. The first-order valence-corrected chi connectivity index (χ1v) is 8.55. The first-order valence-electron chi connectivity index (χ1n) is 8.55. The molecule has 0 bridgehead atoms. The van der Waals surface area contributed by atoms with Gasteiger partial charge in [0.15, 0.2) is 11.5 Å². The third-order valence-electron chi connectivity index (χ3n) is 3.92. The standard InChI is InChI=1S/C20H23N3O5/c1-12(14-5-10-17(27-3)18(11-14)28-4)21-19(25)20(26)23-16-8-6-15(7-9-16)22-13(2)24/h5-12H,1-4H3,(H,21,25)(H,22,24)(H,23,26). The summed E-state index contributed by atoms with van der Waals surface area (Å²) in [5.41, 5.74) is 1.79. The van der Waals surface area contributed by atoms with E-state index in [0.717, 1.165) is 5.56 Å². The lowest BCUT2D eigenvalue weighted by Crippen LogP contribution is -2.36. The second-order valence-electron chi connectivity index (χ2n) is 6.02. The molecule has 2 aromatic carbocycles. The molecule has 0 aliphatic rings. The number of carbonyl (C=O) groups excluding carboxylic acids is 3. The van der Waals surface area contributed by atoms with E-state index in [4.69, 9.17) is 9.47 Å². The molecule has 0 aromatic heterocycles. The van der Waals surface area contributed by atoms with Gasteiger partial charge in [0.05, 0.1) is 20.3 Å². The Balaban J connectivity index is 1.98. The van der Waals surface area contributed by atoms with Crippen molar-refractivity contribution in [1.29, 1.82) is 0 Å². The largest absolute Gasteiger partial charge is 0.493 e. The van der Waals surface area contributed by atoms with Crippen LogP contribution in [0.1, 0.15) is 25.5 Å². The molecule has 3 amide bonds. The van der Waals surface area contributed by atoms with Crippen LogP contribution in [0.25, 0.3) is 0 Å². The van der Waals surface area contributed by atoms with Crippen LogP contribution in [0.5, 0.6) is 11.5 Å². The molecule has 0 fully saturated rings. The van der Waals surface area contributed by atoms with Gasteiger partial charge in [-0.1, -0.05) is 6.07 Å². The van der Waals surface area contributed by atoms with E-state index < -0.39 is 17.9 Å². The summed E-state index contributed by atoms with van der Waals surface area (Å²) in [6.07, 6.45) is 0. The van der Waals surface area contributed by atoms with Gasteiger partial charge in [-0.2, -0.15) is 0 Å². The van der Waals surface area contributed by atoms with Crippen molar-refractivity contribution in [2.45, 2.75) is 19.9 Å². The topological polar surface area (TPSA) is 106 Å². The molecular formula is C20H23N3O5. The number of hydrogen-bond donors (Lipinski definition) is 3. The van der Waals surface area contributed by atoms with Gasteiger partial charge in [0.1, 0.15) is 0 Å². The second kappa shape index (κ2) is 9.40. The number of amides is 3. The zero-order chi connectivity index (χ0) is 20.7. The van der Waals surface area contributed by atoms with E-state index in [1.54, 1.807) is 49.4 Å². The number of carbonyl (C=O) groups is 3. The number of ether oxygens (including phenoxy) is 2. The van der Waals surface area contributed by atoms with E-state index in [9.17, 15) is 14.4 Å². The predicted octanol–water partition coefficient (Wildman–Crippen LogP) is 2.48. The van der Waals surface area contributed by atoms with E-state index in [-0.39, 0.29) is 5.91 Å². The minimum Gasteiger partial charge on any atom is -0.493 e. The fourth-order valence-corrected chi connectivity index (χ4v) is 2.50. The van der Waals surface area contributed by atoms with Gasteiger partial charge in [-0.25, -0.2) is 0 Å². The van der Waals surface area contributed by atoms with Crippen LogP contribution < -0.4 is 25.4 Å². The van der Waals surface area contributed by atoms with Gasteiger partial charge in [-0.05, 0) is 48.9 Å². The van der Waals surface area contributed by atoms with Crippen LogP contribution in [0.15, 0.2) is 42.5 Å². The Hall–Kier alpha value is -3.55. The number of anilines is 2. The van der Waals surface area contributed by atoms with Gasteiger partial charge in [0.2, 0.25) is 5.91 Å². The molecule has 0 saturated carbocycles. The highest BCUT2D eigenvalue weighted by atomic mass is 16.5. The average Bonchev–Trinajstić information content (AvgIpc) is 2.68. The minimum atomic E-state index is -0.792. The second-order valence-corrected chi connectivity index (χ2v) is 6.02. The number of benzene rings is 2. The van der Waals surface area contributed by atoms with E-state index in [0.29, 0.717) is 22.9 Å². The summed E-state index contributed by atoms with van der Waals surface area (Å²) in [5, 5.41) is 7.77. The maximum absolute atomic E-state index is 12.2. The van der Waals surface area contributed by atoms with Crippen molar-refractivity contribution >= 4 is 29.1 Å². The van der Waals surface area contributed by atoms with Crippen molar-refractivity contribution in [2.24, 2.45) is 0 Å². The van der Waals surface area contributed by atoms with Gasteiger partial charge in [0, 0.05) is 18.3 Å². The van der Waals surface area contributed by atoms with Gasteiger partial charge in [-0.15, -0.1) is 0 Å². The third kappa shape index (κ3) is 5.47. The summed E-state index contributed by atoms with van der Waals surface area (Å²) in [5.74, 6) is -0.650. The molecule has 8 nitrogen and oxygen atoms in total. The van der Waals surface area contributed by atoms with Gasteiger partial charge < -0.3 is 25.4 Å². The fraction of sp³-hybridized carbons (Fsp3) is 0.250. The molecule has 3 N–H and O–H groups in total. The zero-order valence-electron chi connectivity index (χ0n) is 16.2. The third-order valence-corrected chi connectivity index (χ3v) is 3.92. The van der Waals surface area contributed by atoms with Gasteiger partial charge in [-0.3, -0.25) is 14.4 Å². The van der Waals surface area contributed by atoms with Gasteiger partial charge in [0.25, 0.3) is 0 Å². The summed E-state index contributed by atoms with van der Waals surface area (Å²) < 4.78 is 10.4. The van der Waals surface area contributed by atoms with E-state index in [1.807, 2.05) is 0 Å². The highest BCUT2D eigenvalue weighted by Gasteiger charge is 2.18. The van der Waals surface area contributed by atoms with Crippen LogP contribution in [0.4, 0.5) is 11.4 Å². The Morgan fingerprint density at radius 3 is 1.93 bits per heavy atom. The maximum atomic E-state index is 12.2. The number of methoxy groups -OCH3 is 2. The Morgan fingerprint density at radius 1 is 0.821 bits per heavy atom. The molecule has 148 valence electrons. The summed E-state index contributed by atoms with van der Waals surface area (Å²) in [6, 6.07) is 11.3. The maximum Gasteiger partial charge on any atom is 0.313 e. The van der Waals surface area contributed by atoms with E-state index >= 15 is 0 Å². The van der Waals surface area contributed by atoms with Gasteiger partial charge >= 0.3 is 11.8 Å². The van der Waals surface area contributed by atoms with Crippen LogP contribution in [0.2, 0.25) is 0 Å². The lowest BCUT2D eigenvalue weighted by Gasteiger charge is -2.16. The molecule has 8 heteroatoms. The predicted molar refractivity (Wildman–Crippen MR) is 105 cm³/mol. The molecule has 0 spiro atoms. The van der Waals surface area contributed by atoms with Crippen LogP contribution >= 0.6 is 0 Å². The zero-order valence-corrected chi connectivity index (χ0v) is 16.2. The summed E-state index contributed by atoms with van der Waals surface area (Å²) in [4.78, 5) is 35.3. The minimum absolute atomic E-state index is 0.194. The first-order chi connectivity index (χ1) is 13.3. The Labute approximate surface area is 163 Å². The molecule has 1 atom stereocenters. The molecule has 0 heterocycles. The van der Waals surface area contributed by atoms with Crippen molar-refractivity contribution in [1.82, 2.24) is 5.32 Å². The first kappa shape index (κ1) is 20.8. The van der Waals surface area contributed by atoms with Crippen molar-refractivity contribution < 1.29 is 23.9 Å². The molecular weight excluding hydrogens is 362 g/mol. The summed E-state index contributed by atoms with van der Waals surface area (Å²) in [6.45, 7) is 3.16. The highest BCUT2D eigenvalue weighted by molar-refractivity contribution is 6.39. The SMILES string of the molecule is COc1ccc(C(C)NC(=O)C(=O)Nc2ccc(NC(C)=O)cc2)cc1OC. The van der Waals surface area contributed by atoms with E-state index in [2.05, 4.69) is 16.0 Å². The quantitative estimate of drug-likeness (QED) is 0.663. The fourth-order valence-electron chi connectivity index (χ4n) is 2.50. The summed E-state index contributed by atoms with van der Waals surface area (Å²) in [7, 11) is 3.06. The number of rotatable bonds is 6. The molecule has 2 aromatic rings. The molecule has 2 rings (SSSR count). The van der Waals surface area contributed by atoms with Crippen molar-refractivity contribution in [3.05, 3.63) is 48.0 Å². The van der Waals surface area contributed by atoms with Crippen LogP contribution in [-0.2, 0) is 14.4 Å². The van der Waals surface area contributed by atoms with Crippen molar-refractivity contribution in [2.75, 3.05) is 24.9 Å². The lowest BCUT2D eigenvalue weighted by atomic mass is 10.1. The normalized spacial score (nSPS) is 11.1. The Kier molecular flexibility index (Phi) is 6.97. The molecule has 0 aliphatic carbocycles. The lowest BCUT2D eigenvalue weighted by molar-refractivity contribution is -0.136. The van der Waals surface area contributed by atoms with Crippen molar-refractivity contribution in [3.63, 3.8) is 0 Å². The van der Waals surface area contributed by atoms with Crippen LogP contribution in [0.3, 0.4) is 0 Å². The highest BCUT2D eigenvalue weighted by Crippen LogP contribution is 2.29. The molecule has 1 unspecified atom stereocenters. The van der Waals surface area contributed by atoms with Crippen LogP contribution in [-0.4, -0.2) is 31.9 Å². The summed E-state index contributed by atoms with van der Waals surface area (Å²) >= 11 is 0. The Morgan fingerprint density at radius 2 is 1.39 bits per heavy atom. The molecule has 0 radical (unpaired) electrons.